The van der Waals surface area contributed by atoms with E-state index in [-0.39, 0.29) is 29.9 Å². The molecule has 3 aromatic carbocycles. The summed E-state index contributed by atoms with van der Waals surface area (Å²) in [6, 6.07) is 29.7. The smallest absolute Gasteiger partial charge is 0.287 e. The largest absolute Gasteiger partial charge is 0.423 e. The summed E-state index contributed by atoms with van der Waals surface area (Å²) in [6.07, 6.45) is 10.0. The molecule has 12 nitrogen and oxygen atoms in total. The maximum atomic E-state index is 12.8. The van der Waals surface area contributed by atoms with E-state index in [4.69, 9.17) is 4.84 Å². The van der Waals surface area contributed by atoms with Gasteiger partial charge in [0.1, 0.15) is 19.3 Å². The van der Waals surface area contributed by atoms with Crippen LogP contribution in [0.25, 0.3) is 22.1 Å². The van der Waals surface area contributed by atoms with Crippen LogP contribution in [0, 0.1) is 0 Å². The fourth-order valence-electron chi connectivity index (χ4n) is 6.95. The van der Waals surface area contributed by atoms with Crippen molar-refractivity contribution in [3.63, 3.8) is 0 Å². The van der Waals surface area contributed by atoms with Crippen molar-refractivity contribution in [1.29, 1.82) is 0 Å². The van der Waals surface area contributed by atoms with Gasteiger partial charge in [0.15, 0.2) is 11.3 Å². The van der Waals surface area contributed by atoms with Crippen molar-refractivity contribution in [3.05, 3.63) is 165 Å². The van der Waals surface area contributed by atoms with Crippen molar-refractivity contribution in [1.82, 2.24) is 29.4 Å². The van der Waals surface area contributed by atoms with Gasteiger partial charge in [0.25, 0.3) is 11.1 Å². The lowest BCUT2D eigenvalue weighted by Crippen LogP contribution is -2.28. The van der Waals surface area contributed by atoms with Crippen LogP contribution in [-0.2, 0) is 19.4 Å². The first-order valence-electron chi connectivity index (χ1n) is 16.8. The quantitative estimate of drug-likeness (QED) is 0.181. The van der Waals surface area contributed by atoms with Crippen LogP contribution in [0.4, 0.5) is 11.4 Å². The molecule has 0 aliphatic heterocycles. The Balaban J connectivity index is 0.000000152. The van der Waals surface area contributed by atoms with E-state index in [0.717, 1.165) is 42.3 Å². The third-order valence-electron chi connectivity index (χ3n) is 9.43. The van der Waals surface area contributed by atoms with E-state index in [1.54, 1.807) is 18.5 Å². The molecule has 51 heavy (non-hydrogen) atoms. The number of rotatable bonds is 7. The molecule has 0 radical (unpaired) electrons. The zero-order valence-corrected chi connectivity index (χ0v) is 27.5. The normalized spacial score (nSPS) is 15.8. The molecule has 2 aliphatic rings. The maximum Gasteiger partial charge on any atom is 0.287 e. The van der Waals surface area contributed by atoms with Crippen LogP contribution in [0.1, 0.15) is 52.7 Å². The third-order valence-corrected chi connectivity index (χ3v) is 9.43. The first-order valence-corrected chi connectivity index (χ1v) is 16.8. The van der Waals surface area contributed by atoms with Gasteiger partial charge in [-0.25, -0.2) is 19.9 Å². The summed E-state index contributed by atoms with van der Waals surface area (Å²) >= 11 is 0. The molecular weight excluding hydrogens is 644 g/mol. The summed E-state index contributed by atoms with van der Waals surface area (Å²) in [5.41, 5.74) is 7.45. The van der Waals surface area contributed by atoms with Crippen molar-refractivity contribution < 1.29 is 10.0 Å². The molecule has 0 saturated carbocycles. The van der Waals surface area contributed by atoms with Crippen LogP contribution >= 0.6 is 0 Å². The van der Waals surface area contributed by atoms with Crippen LogP contribution in [0.15, 0.2) is 126 Å². The van der Waals surface area contributed by atoms with Crippen molar-refractivity contribution >= 4 is 33.4 Å². The van der Waals surface area contributed by atoms with Crippen molar-refractivity contribution in [2.75, 3.05) is 10.6 Å². The average Bonchev–Trinajstić information content (AvgIpc) is 3.78. The molecule has 4 aromatic heterocycles. The van der Waals surface area contributed by atoms with Gasteiger partial charge in [0.05, 0.1) is 34.2 Å². The maximum absolute atomic E-state index is 12.8. The van der Waals surface area contributed by atoms with Crippen LogP contribution in [0.2, 0.25) is 0 Å². The average molecular weight is 679 g/mol. The highest BCUT2D eigenvalue weighted by Crippen LogP contribution is 2.36. The Bertz CT molecular complexity index is 2480. The summed E-state index contributed by atoms with van der Waals surface area (Å²) in [4.78, 5) is 47.0. The van der Waals surface area contributed by atoms with Gasteiger partial charge in [-0.2, -0.15) is 0 Å². The number of nitrogens with one attached hydrogen (secondary N) is 2. The van der Waals surface area contributed by atoms with Gasteiger partial charge >= 0.3 is 0 Å². The predicted molar refractivity (Wildman–Crippen MR) is 194 cm³/mol. The Labute approximate surface area is 292 Å². The molecule has 3 N–H and O–H groups in total. The predicted octanol–water partition coefficient (Wildman–Crippen LogP) is 5.65. The second-order valence-corrected chi connectivity index (χ2v) is 12.5. The van der Waals surface area contributed by atoms with E-state index in [1.807, 2.05) is 42.5 Å². The van der Waals surface area contributed by atoms with E-state index in [0.29, 0.717) is 21.5 Å². The fraction of sp³-hybridized carbons (Fsp3) is 0.179. The highest BCUT2D eigenvalue weighted by atomic mass is 16.7. The summed E-state index contributed by atoms with van der Waals surface area (Å²) in [5, 5.41) is 18.1. The Morgan fingerprint density at radius 1 is 0.686 bits per heavy atom. The van der Waals surface area contributed by atoms with Gasteiger partial charge in [-0.05, 0) is 53.5 Å². The van der Waals surface area contributed by atoms with Gasteiger partial charge in [0, 0.05) is 24.5 Å². The van der Waals surface area contributed by atoms with Crippen LogP contribution in [0.3, 0.4) is 0 Å². The lowest BCUT2D eigenvalue weighted by atomic mass is 10.1. The monoisotopic (exact) mass is 678 g/mol. The molecule has 0 amide bonds. The number of benzene rings is 3. The lowest BCUT2D eigenvalue weighted by molar-refractivity contribution is 0.0980. The van der Waals surface area contributed by atoms with Gasteiger partial charge in [-0.15, -0.1) is 9.46 Å². The summed E-state index contributed by atoms with van der Waals surface area (Å²) in [7, 11) is 0. The number of hydrogen-bond donors (Lipinski definition) is 3. The molecule has 2 aliphatic carbocycles. The zero-order valence-electron chi connectivity index (χ0n) is 27.5. The topological polar surface area (TPSA) is 149 Å². The highest BCUT2D eigenvalue weighted by Gasteiger charge is 2.24. The summed E-state index contributed by atoms with van der Waals surface area (Å²) < 4.78 is 1.79. The van der Waals surface area contributed by atoms with Gasteiger partial charge in [0.2, 0.25) is 0 Å². The molecule has 0 saturated heterocycles. The molecule has 9 rings (SSSR count). The van der Waals surface area contributed by atoms with Gasteiger partial charge in [-0.3, -0.25) is 9.59 Å². The number of fused-ring (bicyclic) bond motifs is 4. The van der Waals surface area contributed by atoms with Gasteiger partial charge in [-0.1, -0.05) is 78.9 Å². The van der Waals surface area contributed by atoms with Crippen molar-refractivity contribution in [3.8, 4) is 0 Å². The number of anilines is 2. The molecule has 254 valence electrons. The van der Waals surface area contributed by atoms with Gasteiger partial charge < -0.3 is 20.7 Å². The molecule has 0 spiro atoms. The van der Waals surface area contributed by atoms with Crippen LogP contribution in [0.5, 0.6) is 0 Å². The minimum absolute atomic E-state index is 0.147. The standard InChI is InChI=1S/C23H20N4O2.C16H14N4O2/c28-22-12-21(26-20-11-10-17-8-4-5-9-18(17)20)19-13-24-15-25-23(19)27(22)29-14-16-6-2-1-3-7-16;21-15-7-14(12-8-17-9-18-16(12)20(15)22)19-13-6-5-10-3-1-2-4-11(10)13/h1-9,12-13,15,20,26H,10-11,14H2;1-4,7-9,13,19,22H,5-6H2. The molecule has 0 bridgehead atoms. The molecule has 12 heteroatoms. The zero-order chi connectivity index (χ0) is 34.7. The Kier molecular flexibility index (Phi) is 8.54. The fourth-order valence-corrected chi connectivity index (χ4v) is 6.95. The van der Waals surface area contributed by atoms with E-state index >= 15 is 0 Å². The molecule has 2 atom stereocenters. The third kappa shape index (κ3) is 6.34. The molecule has 0 fully saturated rings. The lowest BCUT2D eigenvalue weighted by Gasteiger charge is -2.18. The molecular formula is C39H34N8O4. The molecule has 4 heterocycles. The molecule has 2 unspecified atom stereocenters. The van der Waals surface area contributed by atoms with E-state index < -0.39 is 5.56 Å². The summed E-state index contributed by atoms with van der Waals surface area (Å²) in [5.74, 6) is 0. The Hall–Kier alpha value is -6.56. The number of pyridine rings is 2. The summed E-state index contributed by atoms with van der Waals surface area (Å²) in [6.45, 7) is 0.280. The first-order chi connectivity index (χ1) is 25.0. The van der Waals surface area contributed by atoms with Crippen LogP contribution < -0.4 is 26.6 Å². The van der Waals surface area contributed by atoms with Crippen molar-refractivity contribution in [2.24, 2.45) is 0 Å². The Morgan fingerprint density at radius 2 is 1.22 bits per heavy atom. The van der Waals surface area contributed by atoms with Crippen molar-refractivity contribution in [2.45, 2.75) is 44.4 Å². The van der Waals surface area contributed by atoms with Crippen LogP contribution in [-0.4, -0.2) is 34.6 Å². The molecule has 7 aromatic rings. The van der Waals surface area contributed by atoms with E-state index in [1.165, 1.54) is 45.7 Å². The SMILES string of the molecule is O=c1cc(NC2CCc3ccccc32)c2cncnc2n1O.O=c1cc(NC2CCc3ccccc32)c2cncnc2n1OCc1ccccc1. The second kappa shape index (κ2) is 13.7. The number of nitrogens with zero attached hydrogens (tertiary/aromatic N) is 6. The number of aryl methyl sites for hydroxylation is 2. The second-order valence-electron chi connectivity index (χ2n) is 12.5. The number of aromatic nitrogens is 6. The highest BCUT2D eigenvalue weighted by molar-refractivity contribution is 5.89. The first kappa shape index (κ1) is 31.7. The minimum Gasteiger partial charge on any atom is -0.423 e. The Morgan fingerprint density at radius 3 is 1.84 bits per heavy atom. The minimum atomic E-state index is -0.514. The van der Waals surface area contributed by atoms with E-state index in [9.17, 15) is 14.8 Å². The number of hydrogen-bond acceptors (Lipinski definition) is 10. The van der Waals surface area contributed by atoms with E-state index in [2.05, 4.69) is 67.0 Å².